The molecule has 5 nitrogen and oxygen atoms in total. The van der Waals surface area contributed by atoms with Crippen LogP contribution < -0.4 is 5.43 Å². The van der Waals surface area contributed by atoms with Gasteiger partial charge in [-0.1, -0.05) is 22.8 Å². The summed E-state index contributed by atoms with van der Waals surface area (Å²) in [5, 5.41) is 7.99. The van der Waals surface area contributed by atoms with Gasteiger partial charge in [0, 0.05) is 5.02 Å². The Morgan fingerprint density at radius 3 is 2.94 bits per heavy atom. The maximum atomic E-state index is 11.1. The maximum Gasteiger partial charge on any atom is 0.387 e. The molecule has 6 heteroatoms. The molecule has 1 aliphatic heterocycles. The number of halogens is 1. The fourth-order valence-electron chi connectivity index (χ4n) is 1.15. The normalized spacial score (nSPS) is 17.2. The summed E-state index contributed by atoms with van der Waals surface area (Å²) < 4.78 is 0. The monoisotopic (exact) mass is 237 g/mol. The van der Waals surface area contributed by atoms with Gasteiger partial charge in [-0.3, -0.25) is 5.43 Å². The predicted molar refractivity (Wildman–Crippen MR) is 61.7 cm³/mol. The first kappa shape index (κ1) is 10.6. The highest BCUT2D eigenvalue weighted by molar-refractivity contribution is 6.66. The molecule has 0 spiro atoms. The minimum atomic E-state index is -0.563. The third kappa shape index (κ3) is 2.20. The van der Waals surface area contributed by atoms with Crippen LogP contribution in [0.5, 0.6) is 0 Å². The number of hydrogen-bond acceptors (Lipinski definition) is 5. The van der Waals surface area contributed by atoms with Crippen molar-refractivity contribution in [3.63, 3.8) is 0 Å². The Hall–Kier alpha value is -1.88. The van der Waals surface area contributed by atoms with Gasteiger partial charge in [0.1, 0.15) is 5.71 Å². The standard InChI is InChI=1S/C10H8ClN3O2/c1-6-9(10(15)16-14-6)13-12-8-4-2-3-7(11)5-8/h2-5,12H,1H3. The number of oxime groups is 1. The zero-order chi connectivity index (χ0) is 11.5. The molecule has 1 aliphatic rings. The molecular formula is C10H8ClN3O2. The van der Waals surface area contributed by atoms with Gasteiger partial charge in [-0.25, -0.2) is 4.79 Å². The van der Waals surface area contributed by atoms with Crippen molar-refractivity contribution in [2.24, 2.45) is 10.3 Å². The molecule has 0 fully saturated rings. The van der Waals surface area contributed by atoms with E-state index in [2.05, 4.69) is 20.5 Å². The van der Waals surface area contributed by atoms with Crippen LogP contribution in [0.2, 0.25) is 5.02 Å². The summed E-state index contributed by atoms with van der Waals surface area (Å²) in [5.74, 6) is -0.563. The second kappa shape index (κ2) is 4.32. The Morgan fingerprint density at radius 2 is 2.31 bits per heavy atom. The van der Waals surface area contributed by atoms with E-state index in [-0.39, 0.29) is 5.71 Å². The Morgan fingerprint density at radius 1 is 1.50 bits per heavy atom. The lowest BCUT2D eigenvalue weighted by Crippen LogP contribution is -2.17. The summed E-state index contributed by atoms with van der Waals surface area (Å²) in [4.78, 5) is 15.6. The summed E-state index contributed by atoms with van der Waals surface area (Å²) >= 11 is 5.79. The highest BCUT2D eigenvalue weighted by Crippen LogP contribution is 2.15. The van der Waals surface area contributed by atoms with Crippen LogP contribution in [0.15, 0.2) is 34.5 Å². The SMILES string of the molecule is CC1=NOC(=O)C1=NNc1cccc(Cl)c1. The lowest BCUT2D eigenvalue weighted by atomic mass is 10.3. The summed E-state index contributed by atoms with van der Waals surface area (Å²) in [6, 6.07) is 7.00. The molecule has 0 aromatic heterocycles. The molecule has 0 aliphatic carbocycles. The van der Waals surface area contributed by atoms with Crippen molar-refractivity contribution >= 4 is 34.7 Å². The van der Waals surface area contributed by atoms with Gasteiger partial charge in [-0.2, -0.15) is 5.10 Å². The molecule has 1 heterocycles. The molecule has 0 amide bonds. The van der Waals surface area contributed by atoms with Gasteiger partial charge >= 0.3 is 5.97 Å². The Labute approximate surface area is 96.7 Å². The fourth-order valence-corrected chi connectivity index (χ4v) is 1.34. The molecule has 82 valence electrons. The van der Waals surface area contributed by atoms with Crippen LogP contribution in [-0.2, 0) is 9.63 Å². The first-order chi connectivity index (χ1) is 7.66. The number of nitrogens with zero attached hydrogens (tertiary/aromatic N) is 2. The van der Waals surface area contributed by atoms with Crippen LogP contribution in [-0.4, -0.2) is 17.4 Å². The average molecular weight is 238 g/mol. The number of carbonyl (C=O) groups is 1. The van der Waals surface area contributed by atoms with Crippen LogP contribution in [0, 0.1) is 0 Å². The van der Waals surface area contributed by atoms with Crippen molar-refractivity contribution in [3.05, 3.63) is 29.3 Å². The second-order valence-electron chi connectivity index (χ2n) is 3.14. The summed E-state index contributed by atoms with van der Waals surface area (Å²) in [5.41, 5.74) is 4.01. The molecular weight excluding hydrogens is 230 g/mol. The average Bonchev–Trinajstić information content (AvgIpc) is 2.56. The van der Waals surface area contributed by atoms with E-state index in [4.69, 9.17) is 11.6 Å². The minimum absolute atomic E-state index is 0.167. The third-order valence-electron chi connectivity index (χ3n) is 1.92. The lowest BCUT2D eigenvalue weighted by molar-refractivity contribution is -0.134. The largest absolute Gasteiger partial charge is 0.387 e. The smallest absolute Gasteiger partial charge is 0.311 e. The molecule has 1 N–H and O–H groups in total. The number of anilines is 1. The molecule has 0 atom stereocenters. The van der Waals surface area contributed by atoms with E-state index in [0.29, 0.717) is 16.4 Å². The molecule has 0 unspecified atom stereocenters. The molecule has 0 saturated carbocycles. The van der Waals surface area contributed by atoms with Crippen molar-refractivity contribution in [3.8, 4) is 0 Å². The zero-order valence-electron chi connectivity index (χ0n) is 8.40. The van der Waals surface area contributed by atoms with Crippen LogP contribution in [0.3, 0.4) is 0 Å². The first-order valence-corrected chi connectivity index (χ1v) is 4.90. The van der Waals surface area contributed by atoms with E-state index >= 15 is 0 Å². The van der Waals surface area contributed by atoms with Gasteiger partial charge in [-0.05, 0) is 25.1 Å². The number of benzene rings is 1. The maximum absolute atomic E-state index is 11.1. The number of hydrogen-bond donors (Lipinski definition) is 1. The van der Waals surface area contributed by atoms with E-state index in [1.807, 2.05) is 0 Å². The second-order valence-corrected chi connectivity index (χ2v) is 3.57. The lowest BCUT2D eigenvalue weighted by Gasteiger charge is -2.00. The van der Waals surface area contributed by atoms with Crippen molar-refractivity contribution in [1.82, 2.24) is 0 Å². The van der Waals surface area contributed by atoms with E-state index in [1.165, 1.54) is 0 Å². The van der Waals surface area contributed by atoms with Crippen LogP contribution >= 0.6 is 11.6 Å². The van der Waals surface area contributed by atoms with Crippen molar-refractivity contribution < 1.29 is 9.63 Å². The summed E-state index contributed by atoms with van der Waals surface area (Å²) in [7, 11) is 0. The van der Waals surface area contributed by atoms with Crippen LogP contribution in [0.1, 0.15) is 6.92 Å². The van der Waals surface area contributed by atoms with Gasteiger partial charge in [0.05, 0.1) is 5.69 Å². The predicted octanol–water partition coefficient (Wildman–Crippen LogP) is 2.04. The highest BCUT2D eigenvalue weighted by atomic mass is 35.5. The number of nitrogens with one attached hydrogen (secondary N) is 1. The minimum Gasteiger partial charge on any atom is -0.311 e. The van der Waals surface area contributed by atoms with E-state index < -0.39 is 5.97 Å². The zero-order valence-corrected chi connectivity index (χ0v) is 9.15. The van der Waals surface area contributed by atoms with Crippen LogP contribution in [0.4, 0.5) is 5.69 Å². The number of rotatable bonds is 2. The molecule has 0 radical (unpaired) electrons. The Bertz CT molecular complexity index is 497. The van der Waals surface area contributed by atoms with Crippen molar-refractivity contribution in [1.29, 1.82) is 0 Å². The van der Waals surface area contributed by atoms with Gasteiger partial charge in [0.25, 0.3) is 0 Å². The first-order valence-electron chi connectivity index (χ1n) is 4.52. The number of hydrazone groups is 1. The fraction of sp³-hybridized carbons (Fsp3) is 0.100. The van der Waals surface area contributed by atoms with E-state index in [0.717, 1.165) is 0 Å². The molecule has 1 aromatic rings. The molecule has 16 heavy (non-hydrogen) atoms. The number of carbonyl (C=O) groups excluding carboxylic acids is 1. The Kier molecular flexibility index (Phi) is 2.87. The molecule has 0 saturated heterocycles. The third-order valence-corrected chi connectivity index (χ3v) is 2.16. The highest BCUT2D eigenvalue weighted by Gasteiger charge is 2.24. The van der Waals surface area contributed by atoms with Crippen molar-refractivity contribution in [2.45, 2.75) is 6.92 Å². The van der Waals surface area contributed by atoms with Gasteiger partial charge < -0.3 is 4.84 Å². The van der Waals surface area contributed by atoms with Crippen LogP contribution in [0.25, 0.3) is 0 Å². The van der Waals surface area contributed by atoms with Gasteiger partial charge in [-0.15, -0.1) is 0 Å². The summed E-state index contributed by atoms with van der Waals surface area (Å²) in [6.07, 6.45) is 0. The quantitative estimate of drug-likeness (QED) is 0.632. The topological polar surface area (TPSA) is 63.0 Å². The Balaban J connectivity index is 2.15. The molecule has 2 rings (SSSR count). The summed E-state index contributed by atoms with van der Waals surface area (Å²) in [6.45, 7) is 1.64. The van der Waals surface area contributed by atoms with Gasteiger partial charge in [0.15, 0.2) is 5.71 Å². The van der Waals surface area contributed by atoms with E-state index in [1.54, 1.807) is 31.2 Å². The van der Waals surface area contributed by atoms with Crippen molar-refractivity contribution in [2.75, 3.05) is 5.43 Å². The van der Waals surface area contributed by atoms with E-state index in [9.17, 15) is 4.79 Å². The molecule has 1 aromatic carbocycles. The molecule has 0 bridgehead atoms. The van der Waals surface area contributed by atoms with Gasteiger partial charge in [0.2, 0.25) is 0 Å².